The number of hydrogen-bond acceptors (Lipinski definition) is 4. The molecule has 0 spiro atoms. The molecule has 0 aromatic carbocycles. The zero-order valence-electron chi connectivity index (χ0n) is 14.1. The molecule has 0 heterocycles. The second kappa shape index (κ2) is 9.92. The smallest absolute Gasteiger partial charge is 0.408 e. The van der Waals surface area contributed by atoms with Gasteiger partial charge in [-0.2, -0.15) is 11.8 Å². The van der Waals surface area contributed by atoms with Gasteiger partial charge >= 0.3 is 6.09 Å². The first-order chi connectivity index (χ1) is 9.65. The van der Waals surface area contributed by atoms with Gasteiger partial charge in [0.15, 0.2) is 0 Å². The SMILES string of the molecule is CSCCCNC(=O)C(CC(C)C)NC(=O)OC(C)(C)C. The van der Waals surface area contributed by atoms with Crippen LogP contribution in [0.3, 0.4) is 0 Å². The summed E-state index contributed by atoms with van der Waals surface area (Å²) in [6.07, 6.45) is 3.00. The number of carbonyl (C=O) groups is 2. The summed E-state index contributed by atoms with van der Waals surface area (Å²) in [5, 5.41) is 5.54. The lowest BCUT2D eigenvalue weighted by Crippen LogP contribution is -2.49. The summed E-state index contributed by atoms with van der Waals surface area (Å²) in [4.78, 5) is 24.0. The van der Waals surface area contributed by atoms with Crippen LogP contribution in [0.25, 0.3) is 0 Å². The highest BCUT2D eigenvalue weighted by Crippen LogP contribution is 2.09. The van der Waals surface area contributed by atoms with E-state index in [2.05, 4.69) is 10.6 Å². The van der Waals surface area contributed by atoms with Gasteiger partial charge in [0.25, 0.3) is 0 Å². The first kappa shape index (κ1) is 20.1. The van der Waals surface area contributed by atoms with Crippen LogP contribution in [0, 0.1) is 5.92 Å². The molecule has 6 heteroatoms. The van der Waals surface area contributed by atoms with Crippen molar-refractivity contribution < 1.29 is 14.3 Å². The number of amides is 2. The van der Waals surface area contributed by atoms with Crippen molar-refractivity contribution in [2.75, 3.05) is 18.6 Å². The maximum Gasteiger partial charge on any atom is 0.408 e. The Bertz CT molecular complexity index is 327. The van der Waals surface area contributed by atoms with Gasteiger partial charge in [-0.15, -0.1) is 0 Å². The Balaban J connectivity index is 4.43. The van der Waals surface area contributed by atoms with E-state index in [0.717, 1.165) is 12.2 Å². The van der Waals surface area contributed by atoms with E-state index in [4.69, 9.17) is 4.74 Å². The van der Waals surface area contributed by atoms with Crippen LogP contribution in [0.1, 0.15) is 47.5 Å². The van der Waals surface area contributed by atoms with Crippen molar-refractivity contribution >= 4 is 23.8 Å². The first-order valence-electron chi connectivity index (χ1n) is 7.42. The molecule has 2 N–H and O–H groups in total. The van der Waals surface area contributed by atoms with Crippen LogP contribution >= 0.6 is 11.8 Å². The summed E-state index contributed by atoms with van der Waals surface area (Å²) in [6.45, 7) is 10.1. The molecule has 124 valence electrons. The van der Waals surface area contributed by atoms with Gasteiger partial charge in [0.05, 0.1) is 0 Å². The number of hydrogen-bond donors (Lipinski definition) is 2. The first-order valence-corrected chi connectivity index (χ1v) is 8.81. The number of carbonyl (C=O) groups excluding carboxylic acids is 2. The van der Waals surface area contributed by atoms with Crippen molar-refractivity contribution in [2.24, 2.45) is 5.92 Å². The van der Waals surface area contributed by atoms with Crippen LogP contribution in [0.2, 0.25) is 0 Å². The Labute approximate surface area is 133 Å². The quantitative estimate of drug-likeness (QED) is 0.675. The average molecular weight is 318 g/mol. The minimum absolute atomic E-state index is 0.143. The van der Waals surface area contributed by atoms with Gasteiger partial charge in [-0.1, -0.05) is 13.8 Å². The summed E-state index contributed by atoms with van der Waals surface area (Å²) in [6, 6.07) is -0.547. The zero-order chi connectivity index (χ0) is 16.5. The van der Waals surface area contributed by atoms with E-state index in [1.54, 1.807) is 32.5 Å². The van der Waals surface area contributed by atoms with Gasteiger partial charge in [-0.3, -0.25) is 4.79 Å². The molecule has 0 bridgehead atoms. The fraction of sp³-hybridized carbons (Fsp3) is 0.867. The third kappa shape index (κ3) is 11.4. The van der Waals surface area contributed by atoms with Crippen LogP contribution in [0.4, 0.5) is 4.79 Å². The molecule has 1 unspecified atom stereocenters. The lowest BCUT2D eigenvalue weighted by molar-refractivity contribution is -0.123. The Morgan fingerprint density at radius 1 is 1.24 bits per heavy atom. The molecule has 1 atom stereocenters. The van der Waals surface area contributed by atoms with E-state index in [0.29, 0.717) is 18.9 Å². The molecule has 2 amide bonds. The van der Waals surface area contributed by atoms with Gasteiger partial charge in [0, 0.05) is 6.54 Å². The minimum atomic E-state index is -0.568. The van der Waals surface area contributed by atoms with Crippen molar-refractivity contribution in [3.63, 3.8) is 0 Å². The largest absolute Gasteiger partial charge is 0.444 e. The van der Waals surface area contributed by atoms with Gasteiger partial charge in [0.1, 0.15) is 11.6 Å². The van der Waals surface area contributed by atoms with E-state index in [1.165, 1.54) is 0 Å². The molecular formula is C15H30N2O3S. The van der Waals surface area contributed by atoms with Crippen molar-refractivity contribution in [1.82, 2.24) is 10.6 Å². The van der Waals surface area contributed by atoms with Gasteiger partial charge < -0.3 is 15.4 Å². The Hall–Kier alpha value is -0.910. The maximum atomic E-state index is 12.2. The number of nitrogens with one attached hydrogen (secondary N) is 2. The van der Waals surface area contributed by atoms with Gasteiger partial charge in [-0.05, 0) is 51.5 Å². The lowest BCUT2D eigenvalue weighted by Gasteiger charge is -2.24. The maximum absolute atomic E-state index is 12.2. The fourth-order valence-corrected chi connectivity index (χ4v) is 2.14. The summed E-state index contributed by atoms with van der Waals surface area (Å²) < 4.78 is 5.21. The third-order valence-electron chi connectivity index (χ3n) is 2.54. The van der Waals surface area contributed by atoms with E-state index >= 15 is 0 Å². The third-order valence-corrected chi connectivity index (χ3v) is 3.24. The molecule has 0 saturated heterocycles. The highest BCUT2D eigenvalue weighted by molar-refractivity contribution is 7.98. The van der Waals surface area contributed by atoms with Crippen molar-refractivity contribution in [3.8, 4) is 0 Å². The number of ether oxygens (including phenoxy) is 1. The van der Waals surface area contributed by atoms with E-state index in [-0.39, 0.29) is 5.91 Å². The van der Waals surface area contributed by atoms with Crippen LogP contribution in [0.15, 0.2) is 0 Å². The van der Waals surface area contributed by atoms with Gasteiger partial charge in [-0.25, -0.2) is 4.79 Å². The Morgan fingerprint density at radius 2 is 1.86 bits per heavy atom. The summed E-state index contributed by atoms with van der Waals surface area (Å²) >= 11 is 1.75. The molecule has 0 fully saturated rings. The highest BCUT2D eigenvalue weighted by atomic mass is 32.2. The monoisotopic (exact) mass is 318 g/mol. The van der Waals surface area contributed by atoms with Crippen LogP contribution in [-0.2, 0) is 9.53 Å². The van der Waals surface area contributed by atoms with E-state index in [1.807, 2.05) is 20.1 Å². The van der Waals surface area contributed by atoms with Crippen molar-refractivity contribution in [1.29, 1.82) is 0 Å². The zero-order valence-corrected chi connectivity index (χ0v) is 14.9. The van der Waals surface area contributed by atoms with E-state index in [9.17, 15) is 9.59 Å². The topological polar surface area (TPSA) is 67.4 Å². The molecule has 21 heavy (non-hydrogen) atoms. The van der Waals surface area contributed by atoms with Crippen molar-refractivity contribution in [3.05, 3.63) is 0 Å². The van der Waals surface area contributed by atoms with Crippen molar-refractivity contribution in [2.45, 2.75) is 59.1 Å². The molecule has 0 aromatic rings. The van der Waals surface area contributed by atoms with Crippen LogP contribution in [-0.4, -0.2) is 42.2 Å². The van der Waals surface area contributed by atoms with E-state index < -0.39 is 17.7 Å². The summed E-state index contributed by atoms with van der Waals surface area (Å²) in [7, 11) is 0. The highest BCUT2D eigenvalue weighted by Gasteiger charge is 2.24. The average Bonchev–Trinajstić information content (AvgIpc) is 2.30. The van der Waals surface area contributed by atoms with Crippen LogP contribution in [0.5, 0.6) is 0 Å². The molecule has 0 radical (unpaired) electrons. The standard InChI is InChI=1S/C15H30N2O3S/c1-11(2)10-12(13(18)16-8-7-9-21-6)17-14(19)20-15(3,4)5/h11-12H,7-10H2,1-6H3,(H,16,18)(H,17,19). The fourth-order valence-electron chi connectivity index (χ4n) is 1.70. The molecule has 0 aliphatic rings. The second-order valence-corrected chi connectivity index (χ2v) is 7.45. The summed E-state index contributed by atoms with van der Waals surface area (Å²) in [5.74, 6) is 1.17. The Kier molecular flexibility index (Phi) is 9.49. The molecule has 0 aliphatic heterocycles. The molecule has 5 nitrogen and oxygen atoms in total. The number of alkyl carbamates (subject to hydrolysis) is 1. The lowest BCUT2D eigenvalue weighted by atomic mass is 10.0. The molecule has 0 saturated carbocycles. The molecule has 0 aliphatic carbocycles. The normalized spacial score (nSPS) is 12.9. The summed E-state index contributed by atoms with van der Waals surface area (Å²) in [5.41, 5.74) is -0.568. The predicted octanol–water partition coefficient (Wildman–Crippen LogP) is 2.80. The molecule has 0 aromatic heterocycles. The molecule has 0 rings (SSSR count). The van der Waals surface area contributed by atoms with Gasteiger partial charge in [0.2, 0.25) is 5.91 Å². The Morgan fingerprint density at radius 3 is 2.33 bits per heavy atom. The number of thioether (sulfide) groups is 1. The second-order valence-electron chi connectivity index (χ2n) is 6.47. The minimum Gasteiger partial charge on any atom is -0.444 e. The van der Waals surface area contributed by atoms with Crippen LogP contribution < -0.4 is 10.6 Å². The predicted molar refractivity (Wildman–Crippen MR) is 88.6 cm³/mol. The molecular weight excluding hydrogens is 288 g/mol. The number of rotatable bonds is 8.